The Morgan fingerprint density at radius 3 is 2.38 bits per heavy atom. The molecule has 0 spiro atoms. The Hall–Kier alpha value is -1.05. The zero-order chi connectivity index (χ0) is 12.0. The van der Waals surface area contributed by atoms with Crippen LogP contribution in [0.15, 0.2) is 18.3 Å². The lowest BCUT2D eigenvalue weighted by Gasteiger charge is -2.07. The summed E-state index contributed by atoms with van der Waals surface area (Å²) in [5.41, 5.74) is 3.18. The summed E-state index contributed by atoms with van der Waals surface area (Å²) in [6, 6.07) is 4.14. The molecule has 0 unspecified atom stereocenters. The second-order valence-corrected chi connectivity index (χ2v) is 6.06. The third kappa shape index (κ3) is 1.70. The van der Waals surface area contributed by atoms with E-state index in [0.29, 0.717) is 10.8 Å². The molecule has 2 rings (SSSR count). The molecule has 1 heterocycles. The lowest BCUT2D eigenvalue weighted by Crippen LogP contribution is -2.08. The molecule has 1 saturated carbocycles. The summed E-state index contributed by atoms with van der Waals surface area (Å²) in [4.78, 5) is 4.20. The van der Waals surface area contributed by atoms with E-state index in [-0.39, 0.29) is 0 Å². The first-order valence-electron chi connectivity index (χ1n) is 6.02. The predicted molar refractivity (Wildman–Crippen MR) is 68.5 cm³/mol. The second-order valence-electron chi connectivity index (χ2n) is 6.06. The maximum atomic E-state index is 4.20. The van der Waals surface area contributed by atoms with Crippen LogP contribution in [0.1, 0.15) is 33.4 Å². The first kappa shape index (κ1) is 11.4. The Morgan fingerprint density at radius 1 is 1.25 bits per heavy atom. The molecule has 0 bridgehead atoms. The van der Waals surface area contributed by atoms with Crippen LogP contribution in [-0.2, 0) is 0 Å². The number of rotatable bonds is 3. The summed E-state index contributed by atoms with van der Waals surface area (Å²) >= 11 is 0. The van der Waals surface area contributed by atoms with Crippen molar-refractivity contribution >= 4 is 5.69 Å². The molecule has 0 aromatic carbocycles. The number of nitrogens with one attached hydrogen (secondary N) is 1. The summed E-state index contributed by atoms with van der Waals surface area (Å²) in [5, 5.41) is 3.52. The summed E-state index contributed by atoms with van der Waals surface area (Å²) in [6.45, 7) is 12.5. The van der Waals surface area contributed by atoms with Crippen LogP contribution >= 0.6 is 0 Å². The fraction of sp³-hybridized carbons (Fsp3) is 0.643. The third-order valence-electron chi connectivity index (χ3n) is 4.73. The van der Waals surface area contributed by atoms with Crippen molar-refractivity contribution < 1.29 is 0 Å². The van der Waals surface area contributed by atoms with Crippen LogP contribution in [0.3, 0.4) is 0 Å². The van der Waals surface area contributed by atoms with Gasteiger partial charge in [0.15, 0.2) is 0 Å². The van der Waals surface area contributed by atoms with Crippen molar-refractivity contribution in [1.82, 2.24) is 4.98 Å². The van der Waals surface area contributed by atoms with Crippen LogP contribution in [0.5, 0.6) is 0 Å². The number of aryl methyl sites for hydroxylation is 1. The summed E-state index contributed by atoms with van der Waals surface area (Å²) in [6.07, 6.45) is 1.86. The van der Waals surface area contributed by atoms with Gasteiger partial charge in [0.25, 0.3) is 0 Å². The van der Waals surface area contributed by atoms with Gasteiger partial charge in [0.2, 0.25) is 0 Å². The molecule has 0 saturated heterocycles. The molecule has 88 valence electrons. The van der Waals surface area contributed by atoms with Gasteiger partial charge in [-0.15, -0.1) is 0 Å². The van der Waals surface area contributed by atoms with Crippen molar-refractivity contribution in [2.45, 2.75) is 34.6 Å². The fourth-order valence-corrected chi connectivity index (χ4v) is 2.72. The van der Waals surface area contributed by atoms with E-state index in [1.54, 1.807) is 0 Å². The molecule has 1 aromatic heterocycles. The molecule has 2 heteroatoms. The van der Waals surface area contributed by atoms with E-state index in [0.717, 1.165) is 18.2 Å². The van der Waals surface area contributed by atoms with E-state index >= 15 is 0 Å². The minimum Gasteiger partial charge on any atom is -0.385 e. The Balaban J connectivity index is 1.95. The van der Waals surface area contributed by atoms with Gasteiger partial charge in [-0.05, 0) is 35.8 Å². The maximum Gasteiger partial charge on any atom is 0.0393 e. The van der Waals surface area contributed by atoms with Gasteiger partial charge in [0, 0.05) is 24.1 Å². The molecule has 0 radical (unpaired) electrons. The number of aromatic nitrogens is 1. The number of anilines is 1. The molecule has 1 aliphatic rings. The molecule has 1 fully saturated rings. The first-order chi connectivity index (χ1) is 7.35. The summed E-state index contributed by atoms with van der Waals surface area (Å²) < 4.78 is 0. The minimum atomic E-state index is 0.460. The van der Waals surface area contributed by atoms with Crippen molar-refractivity contribution in [1.29, 1.82) is 0 Å². The Kier molecular flexibility index (Phi) is 2.48. The van der Waals surface area contributed by atoms with Crippen LogP contribution < -0.4 is 5.32 Å². The van der Waals surface area contributed by atoms with Crippen molar-refractivity contribution in [3.05, 3.63) is 24.0 Å². The molecule has 0 amide bonds. The zero-order valence-electron chi connectivity index (χ0n) is 11.0. The minimum absolute atomic E-state index is 0.460. The van der Waals surface area contributed by atoms with Gasteiger partial charge < -0.3 is 5.32 Å². The van der Waals surface area contributed by atoms with Gasteiger partial charge in [-0.25, -0.2) is 0 Å². The monoisotopic (exact) mass is 218 g/mol. The predicted octanol–water partition coefficient (Wildman–Crippen LogP) is 3.48. The lowest BCUT2D eigenvalue weighted by atomic mass is 10.0. The highest BCUT2D eigenvalue weighted by molar-refractivity contribution is 5.43. The largest absolute Gasteiger partial charge is 0.385 e. The smallest absolute Gasteiger partial charge is 0.0393 e. The van der Waals surface area contributed by atoms with Crippen molar-refractivity contribution in [2.75, 3.05) is 11.9 Å². The van der Waals surface area contributed by atoms with Crippen molar-refractivity contribution in [3.63, 3.8) is 0 Å². The maximum absolute atomic E-state index is 4.20. The van der Waals surface area contributed by atoms with E-state index in [9.17, 15) is 0 Å². The van der Waals surface area contributed by atoms with Gasteiger partial charge in [-0.1, -0.05) is 27.7 Å². The van der Waals surface area contributed by atoms with Crippen molar-refractivity contribution in [3.8, 4) is 0 Å². The summed E-state index contributed by atoms with van der Waals surface area (Å²) in [7, 11) is 0. The quantitative estimate of drug-likeness (QED) is 0.840. The van der Waals surface area contributed by atoms with Crippen LogP contribution in [0, 0.1) is 23.7 Å². The lowest BCUT2D eigenvalue weighted by molar-refractivity contribution is 0.457. The molecule has 1 N–H and O–H groups in total. The highest BCUT2D eigenvalue weighted by Gasteiger charge is 2.63. The van der Waals surface area contributed by atoms with Crippen LogP contribution in [0.2, 0.25) is 0 Å². The Labute approximate surface area is 98.5 Å². The Morgan fingerprint density at radius 2 is 1.88 bits per heavy atom. The van der Waals surface area contributed by atoms with E-state index in [2.05, 4.69) is 44.1 Å². The van der Waals surface area contributed by atoms with Gasteiger partial charge in [0.1, 0.15) is 0 Å². The topological polar surface area (TPSA) is 24.9 Å². The third-order valence-corrected chi connectivity index (χ3v) is 4.73. The van der Waals surface area contributed by atoms with E-state index < -0.39 is 0 Å². The highest BCUT2D eigenvalue weighted by Crippen LogP contribution is 2.68. The normalized spacial score (nSPS) is 21.8. The average Bonchev–Trinajstić information content (AvgIpc) is 2.55. The van der Waals surface area contributed by atoms with Gasteiger partial charge in [0.05, 0.1) is 0 Å². The number of hydrogen-bond donors (Lipinski definition) is 1. The number of hydrogen-bond acceptors (Lipinski definition) is 2. The van der Waals surface area contributed by atoms with Crippen LogP contribution in [0.4, 0.5) is 5.69 Å². The highest BCUT2D eigenvalue weighted by atomic mass is 14.9. The van der Waals surface area contributed by atoms with Crippen LogP contribution in [0.25, 0.3) is 0 Å². The average molecular weight is 218 g/mol. The molecule has 0 atom stereocenters. The summed E-state index contributed by atoms with van der Waals surface area (Å²) in [5.74, 6) is 0.758. The molecule has 2 nitrogen and oxygen atoms in total. The van der Waals surface area contributed by atoms with E-state index in [4.69, 9.17) is 0 Å². The molecule has 0 aliphatic heterocycles. The zero-order valence-corrected chi connectivity index (χ0v) is 11.0. The molecular weight excluding hydrogens is 196 g/mol. The van der Waals surface area contributed by atoms with Gasteiger partial charge in [-0.3, -0.25) is 4.98 Å². The second kappa shape index (κ2) is 3.47. The SMILES string of the molecule is Cc1cc(NCC2C(C)(C)C2(C)C)ccn1. The van der Waals surface area contributed by atoms with Gasteiger partial charge in [-0.2, -0.15) is 0 Å². The molecule has 16 heavy (non-hydrogen) atoms. The van der Waals surface area contributed by atoms with E-state index in [1.165, 1.54) is 5.69 Å². The van der Waals surface area contributed by atoms with Gasteiger partial charge >= 0.3 is 0 Å². The number of pyridine rings is 1. The molecule has 1 aliphatic carbocycles. The van der Waals surface area contributed by atoms with E-state index in [1.807, 2.05) is 19.2 Å². The van der Waals surface area contributed by atoms with Crippen molar-refractivity contribution in [2.24, 2.45) is 16.7 Å². The number of nitrogens with zero attached hydrogens (tertiary/aromatic N) is 1. The Bertz CT molecular complexity index is 379. The van der Waals surface area contributed by atoms with Crippen LogP contribution in [-0.4, -0.2) is 11.5 Å². The molecule has 1 aromatic rings. The molecular formula is C14H22N2. The first-order valence-corrected chi connectivity index (χ1v) is 6.02. The standard InChI is InChI=1S/C14H22N2/c1-10-8-11(6-7-15-10)16-9-12-13(2,3)14(12,4)5/h6-8,12H,9H2,1-5H3,(H,15,16). The fourth-order valence-electron chi connectivity index (χ4n) is 2.72.